The molecule has 0 aliphatic rings. The van der Waals surface area contributed by atoms with Gasteiger partial charge in [0.15, 0.2) is 12.2 Å². The molecule has 0 heterocycles. The number of ether oxygens (including phenoxy) is 4. The van der Waals surface area contributed by atoms with E-state index in [9.17, 15) is 43.2 Å². The van der Waals surface area contributed by atoms with Crippen LogP contribution in [0.5, 0.6) is 0 Å². The lowest BCUT2D eigenvalue weighted by Crippen LogP contribution is -2.30. The zero-order chi connectivity index (χ0) is 78.9. The summed E-state index contributed by atoms with van der Waals surface area (Å²) in [6.07, 6.45) is 91.6. The van der Waals surface area contributed by atoms with Gasteiger partial charge in [-0.15, -0.1) is 0 Å². The molecule has 0 fully saturated rings. The van der Waals surface area contributed by atoms with Crippen molar-refractivity contribution in [1.29, 1.82) is 0 Å². The third kappa shape index (κ3) is 79.3. The summed E-state index contributed by atoms with van der Waals surface area (Å²) in [5.41, 5.74) is 0. The van der Waals surface area contributed by atoms with Crippen LogP contribution in [0.4, 0.5) is 0 Å². The Morgan fingerprint density at radius 3 is 0.806 bits per heavy atom. The first-order valence-electron chi connectivity index (χ1n) is 42.4. The molecule has 0 saturated carbocycles. The van der Waals surface area contributed by atoms with Crippen LogP contribution < -0.4 is 0 Å². The van der Waals surface area contributed by atoms with E-state index in [1.165, 1.54) is 135 Å². The van der Waals surface area contributed by atoms with E-state index in [0.29, 0.717) is 38.5 Å². The van der Waals surface area contributed by atoms with Crippen molar-refractivity contribution in [3.63, 3.8) is 0 Å². The predicted molar refractivity (Wildman–Crippen MR) is 445 cm³/mol. The molecule has 108 heavy (non-hydrogen) atoms. The molecule has 0 aromatic rings. The first-order chi connectivity index (χ1) is 52.7. The van der Waals surface area contributed by atoms with E-state index >= 15 is 0 Å². The van der Waals surface area contributed by atoms with Crippen molar-refractivity contribution in [2.75, 3.05) is 39.6 Å². The van der Waals surface area contributed by atoms with Crippen LogP contribution in [0, 0.1) is 0 Å². The fraction of sp³-hybridized carbons (Fsp3) is 0.708. The van der Waals surface area contributed by atoms with Crippen LogP contribution >= 0.6 is 15.6 Å². The van der Waals surface area contributed by atoms with Crippen LogP contribution in [-0.2, 0) is 65.4 Å². The molecule has 620 valence electrons. The number of aliphatic hydroxyl groups excluding tert-OH is 1. The van der Waals surface area contributed by atoms with Crippen molar-refractivity contribution in [3.05, 3.63) is 134 Å². The zero-order valence-electron chi connectivity index (χ0n) is 68.0. The average Bonchev–Trinajstić information content (AvgIpc) is 0.914. The fourth-order valence-corrected chi connectivity index (χ4v) is 12.7. The van der Waals surface area contributed by atoms with Gasteiger partial charge in [0.2, 0.25) is 0 Å². The summed E-state index contributed by atoms with van der Waals surface area (Å²) in [6.45, 7) is 4.68. The number of aliphatic hydroxyl groups is 1. The highest BCUT2D eigenvalue weighted by Gasteiger charge is 2.30. The van der Waals surface area contributed by atoms with Crippen molar-refractivity contribution in [3.8, 4) is 0 Å². The number of phosphoric ester groups is 2. The van der Waals surface area contributed by atoms with Gasteiger partial charge in [-0.05, 0) is 128 Å². The fourth-order valence-electron chi connectivity index (χ4n) is 11.1. The van der Waals surface area contributed by atoms with Crippen molar-refractivity contribution < 1.29 is 80.2 Å². The van der Waals surface area contributed by atoms with Crippen LogP contribution in [-0.4, -0.2) is 96.7 Å². The van der Waals surface area contributed by atoms with E-state index in [2.05, 4.69) is 131 Å². The highest BCUT2D eigenvalue weighted by molar-refractivity contribution is 7.47. The SMILES string of the molecule is CCCCC/C=C\C/C=C\C/C=C\C/C=C\C/C=C\CCC(=O)OC[C@H](COP(=O)(O)OC[C@@H](O)COP(=O)(O)OC[C@@H](COC(=O)CCCCCCCCC/C=C\CCCCCC)OC(=O)CC/C=C\C/C=C\C/C=C\C/C=C\C/C=C\CCCCC)OC(=O)CCCCCCCCCCCCCCCCC. The average molecular weight is 1560 g/mol. The maximum Gasteiger partial charge on any atom is 0.472 e. The predicted octanol–water partition coefficient (Wildman–Crippen LogP) is 25.2. The molecule has 0 aromatic carbocycles. The molecular weight excluding hydrogens is 1400 g/mol. The number of esters is 4. The van der Waals surface area contributed by atoms with Crippen molar-refractivity contribution in [2.24, 2.45) is 0 Å². The summed E-state index contributed by atoms with van der Waals surface area (Å²) in [5.74, 6) is -2.36. The molecule has 0 aliphatic carbocycles. The van der Waals surface area contributed by atoms with Crippen molar-refractivity contribution in [2.45, 2.75) is 367 Å². The summed E-state index contributed by atoms with van der Waals surface area (Å²) < 4.78 is 68.6. The number of carbonyl (C=O) groups excluding carboxylic acids is 4. The van der Waals surface area contributed by atoms with E-state index in [4.69, 9.17) is 37.0 Å². The molecule has 19 heteroatoms. The number of hydrogen-bond acceptors (Lipinski definition) is 15. The maximum absolute atomic E-state index is 13.1. The Morgan fingerprint density at radius 1 is 0.259 bits per heavy atom. The molecule has 0 bridgehead atoms. The third-order valence-corrected chi connectivity index (χ3v) is 19.5. The molecule has 0 radical (unpaired) electrons. The number of allylic oxidation sites excluding steroid dienone is 22. The second-order valence-electron chi connectivity index (χ2n) is 28.1. The topological polar surface area (TPSA) is 237 Å². The van der Waals surface area contributed by atoms with Gasteiger partial charge >= 0.3 is 39.5 Å². The van der Waals surface area contributed by atoms with Gasteiger partial charge in [0, 0.05) is 25.7 Å². The van der Waals surface area contributed by atoms with Gasteiger partial charge in [0.1, 0.15) is 19.3 Å². The normalized spacial score (nSPS) is 14.5. The molecule has 0 aliphatic heterocycles. The maximum atomic E-state index is 13.1. The van der Waals surface area contributed by atoms with Crippen LogP contribution in [0.15, 0.2) is 134 Å². The van der Waals surface area contributed by atoms with E-state index in [0.717, 1.165) is 122 Å². The summed E-state index contributed by atoms with van der Waals surface area (Å²) in [5, 5.41) is 10.7. The van der Waals surface area contributed by atoms with E-state index in [1.807, 2.05) is 30.4 Å². The lowest BCUT2D eigenvalue weighted by molar-refractivity contribution is -0.161. The minimum atomic E-state index is -5.01. The van der Waals surface area contributed by atoms with Gasteiger partial charge in [0.05, 0.1) is 26.4 Å². The second kappa shape index (κ2) is 80.3. The number of hydrogen-bond donors (Lipinski definition) is 3. The molecule has 0 spiro atoms. The Kier molecular flexibility index (Phi) is 76.7. The lowest BCUT2D eigenvalue weighted by atomic mass is 10.0. The summed E-state index contributed by atoms with van der Waals surface area (Å²) in [7, 11) is -10.0. The molecule has 0 amide bonds. The Balaban J connectivity index is 5.49. The van der Waals surface area contributed by atoms with Gasteiger partial charge < -0.3 is 33.8 Å². The quantitative estimate of drug-likeness (QED) is 0.0169. The van der Waals surface area contributed by atoms with Crippen LogP contribution in [0.3, 0.4) is 0 Å². The van der Waals surface area contributed by atoms with Crippen LogP contribution in [0.25, 0.3) is 0 Å². The highest BCUT2D eigenvalue weighted by Crippen LogP contribution is 2.45. The Hall–Kier alpha value is -4.80. The summed E-state index contributed by atoms with van der Waals surface area (Å²) in [4.78, 5) is 73.1. The van der Waals surface area contributed by atoms with Crippen LogP contribution in [0.2, 0.25) is 0 Å². The highest BCUT2D eigenvalue weighted by atomic mass is 31.2. The molecule has 0 rings (SSSR count). The zero-order valence-corrected chi connectivity index (χ0v) is 69.8. The Labute approximate surface area is 656 Å². The summed E-state index contributed by atoms with van der Waals surface area (Å²) in [6, 6.07) is 0. The van der Waals surface area contributed by atoms with E-state index in [-0.39, 0.29) is 25.7 Å². The summed E-state index contributed by atoms with van der Waals surface area (Å²) >= 11 is 0. The van der Waals surface area contributed by atoms with Gasteiger partial charge in [-0.2, -0.15) is 0 Å². The Bertz CT molecular complexity index is 2560. The van der Waals surface area contributed by atoms with Gasteiger partial charge in [0.25, 0.3) is 0 Å². The molecule has 0 saturated heterocycles. The van der Waals surface area contributed by atoms with E-state index < -0.39 is 97.5 Å². The monoisotopic (exact) mass is 1560 g/mol. The lowest BCUT2D eigenvalue weighted by Gasteiger charge is -2.21. The largest absolute Gasteiger partial charge is 0.472 e. The molecule has 5 atom stereocenters. The molecule has 0 aromatic heterocycles. The minimum absolute atomic E-state index is 0.0326. The molecular formula is C89H152O17P2. The molecule has 17 nitrogen and oxygen atoms in total. The standard InChI is InChI=1S/C89H152O17P2/c1-5-9-13-17-21-25-29-33-37-39-41-43-47-50-54-58-62-66-70-74-87(92)100-80-84(105-88(93)75-71-67-63-59-55-51-46-36-32-28-24-20-16-12-8-4)81-103-107(95,96)101-77-83(90)78-102-108(97,98)104-82-85(79-99-86(91)73-69-65-61-57-53-49-45-35-31-27-23-19-15-11-7-3)106-89(94)76-72-68-64-60-56-52-48-44-42-40-38-34-30-26-22-18-14-10-6-2/h21-22,25-27,31,33-34,37-38,41-44,50,52,54,56,62,64,66,68,83-85,90H,5-20,23-24,28-30,32,35-36,39-40,45-49,51,53,55,57-61,63,65,67,69-82H2,1-4H3,(H,95,96)(H,97,98)/b25-21-,26-22-,31-27-,37-33-,38-34-,43-41-,44-42-,54-50-,56-52-,66-62-,68-64-/t83-,84-,85-/m1/s1. The number of phosphoric acid groups is 2. The third-order valence-electron chi connectivity index (χ3n) is 17.6. The second-order valence-corrected chi connectivity index (χ2v) is 31.0. The van der Waals surface area contributed by atoms with Crippen LogP contribution in [0.1, 0.15) is 349 Å². The van der Waals surface area contributed by atoms with Crippen molar-refractivity contribution >= 4 is 39.5 Å². The first-order valence-corrected chi connectivity index (χ1v) is 45.4. The number of unbranched alkanes of at least 4 members (excludes halogenated alkanes) is 31. The van der Waals surface area contributed by atoms with E-state index in [1.54, 1.807) is 0 Å². The first kappa shape index (κ1) is 103. The van der Waals surface area contributed by atoms with Gasteiger partial charge in [-0.3, -0.25) is 37.3 Å². The molecule has 3 N–H and O–H groups in total. The number of carbonyl (C=O) groups is 4. The Morgan fingerprint density at radius 2 is 0.472 bits per heavy atom. The number of rotatable bonds is 79. The smallest absolute Gasteiger partial charge is 0.462 e. The molecule has 2 unspecified atom stereocenters. The minimum Gasteiger partial charge on any atom is -0.462 e. The van der Waals surface area contributed by atoms with Gasteiger partial charge in [-0.25, -0.2) is 9.13 Å². The van der Waals surface area contributed by atoms with Gasteiger partial charge in [-0.1, -0.05) is 328 Å². The van der Waals surface area contributed by atoms with Crippen molar-refractivity contribution in [1.82, 2.24) is 0 Å².